The van der Waals surface area contributed by atoms with Gasteiger partial charge in [0.25, 0.3) is 0 Å². The van der Waals surface area contributed by atoms with Gasteiger partial charge in [-0.25, -0.2) is 0 Å². The fraction of sp³-hybridized carbons (Fsp3) is 0.538. The summed E-state index contributed by atoms with van der Waals surface area (Å²) in [7, 11) is 1.74. The van der Waals surface area contributed by atoms with Crippen LogP contribution in [0.1, 0.15) is 23.1 Å². The first-order valence-corrected chi connectivity index (χ1v) is 6.40. The summed E-state index contributed by atoms with van der Waals surface area (Å²) in [5.74, 6) is 0. The molecule has 0 aromatic heterocycles. The minimum absolute atomic E-state index is 0.823. The van der Waals surface area contributed by atoms with Crippen LogP contribution in [0, 0.1) is 13.8 Å². The van der Waals surface area contributed by atoms with Crippen molar-refractivity contribution in [2.75, 3.05) is 20.3 Å². The van der Waals surface area contributed by atoms with Crippen LogP contribution in [0.25, 0.3) is 0 Å². The number of ether oxygens (including phenoxy) is 1. The molecular formula is C13H20BrNO. The van der Waals surface area contributed by atoms with Crippen LogP contribution in [0.4, 0.5) is 0 Å². The van der Waals surface area contributed by atoms with Crippen molar-refractivity contribution in [1.29, 1.82) is 0 Å². The van der Waals surface area contributed by atoms with E-state index < -0.39 is 0 Å². The number of hydrogen-bond donors (Lipinski definition) is 1. The molecule has 1 aromatic rings. The van der Waals surface area contributed by atoms with Crippen molar-refractivity contribution in [2.24, 2.45) is 0 Å². The molecule has 0 fully saturated rings. The predicted octanol–water partition coefficient (Wildman–Crippen LogP) is 3.19. The molecule has 0 aliphatic heterocycles. The summed E-state index contributed by atoms with van der Waals surface area (Å²) >= 11 is 3.62. The SMILES string of the molecule is COCCCNCc1ccc(C)c(Br)c1C. The molecule has 1 aromatic carbocycles. The maximum Gasteiger partial charge on any atom is 0.0474 e. The first-order valence-electron chi connectivity index (χ1n) is 5.61. The minimum atomic E-state index is 0.823. The number of methoxy groups -OCH3 is 1. The van der Waals surface area contributed by atoms with E-state index in [1.807, 2.05) is 0 Å². The van der Waals surface area contributed by atoms with Crippen molar-refractivity contribution in [3.63, 3.8) is 0 Å². The Morgan fingerprint density at radius 2 is 2.06 bits per heavy atom. The van der Waals surface area contributed by atoms with Crippen molar-refractivity contribution in [3.8, 4) is 0 Å². The summed E-state index contributed by atoms with van der Waals surface area (Å²) in [4.78, 5) is 0. The van der Waals surface area contributed by atoms with Gasteiger partial charge in [0.2, 0.25) is 0 Å². The summed E-state index contributed by atoms with van der Waals surface area (Å²) < 4.78 is 6.23. The van der Waals surface area contributed by atoms with Crippen LogP contribution in [0.15, 0.2) is 16.6 Å². The normalized spacial score (nSPS) is 10.8. The third-order valence-corrected chi connectivity index (χ3v) is 3.93. The molecular weight excluding hydrogens is 266 g/mol. The summed E-state index contributed by atoms with van der Waals surface area (Å²) in [6.45, 7) is 7.02. The highest BCUT2D eigenvalue weighted by atomic mass is 79.9. The van der Waals surface area contributed by atoms with E-state index in [2.05, 4.69) is 47.2 Å². The lowest BCUT2D eigenvalue weighted by Gasteiger charge is -2.11. The fourth-order valence-corrected chi connectivity index (χ4v) is 2.00. The van der Waals surface area contributed by atoms with Gasteiger partial charge in [0.05, 0.1) is 0 Å². The van der Waals surface area contributed by atoms with E-state index in [1.165, 1.54) is 21.2 Å². The summed E-state index contributed by atoms with van der Waals surface area (Å²) in [5, 5.41) is 3.42. The highest BCUT2D eigenvalue weighted by Gasteiger charge is 2.04. The molecule has 0 radical (unpaired) electrons. The van der Waals surface area contributed by atoms with Gasteiger partial charge in [-0.1, -0.05) is 28.1 Å². The van der Waals surface area contributed by atoms with Crippen LogP contribution in [0.3, 0.4) is 0 Å². The number of benzene rings is 1. The molecule has 1 rings (SSSR count). The van der Waals surface area contributed by atoms with Crippen molar-refractivity contribution in [3.05, 3.63) is 33.3 Å². The second-order valence-corrected chi connectivity index (χ2v) is 4.80. The van der Waals surface area contributed by atoms with E-state index in [-0.39, 0.29) is 0 Å². The Bertz CT molecular complexity index is 339. The van der Waals surface area contributed by atoms with Crippen LogP contribution < -0.4 is 5.32 Å². The zero-order valence-corrected chi connectivity index (χ0v) is 11.9. The third-order valence-electron chi connectivity index (χ3n) is 2.71. The third kappa shape index (κ3) is 3.89. The topological polar surface area (TPSA) is 21.3 Å². The molecule has 0 amide bonds. The summed E-state index contributed by atoms with van der Waals surface area (Å²) in [5.41, 5.74) is 3.98. The van der Waals surface area contributed by atoms with Gasteiger partial charge in [0, 0.05) is 24.7 Å². The zero-order valence-electron chi connectivity index (χ0n) is 10.3. The maximum atomic E-state index is 5.01. The number of aryl methyl sites for hydroxylation is 1. The predicted molar refractivity (Wildman–Crippen MR) is 71.8 cm³/mol. The van der Waals surface area contributed by atoms with E-state index in [4.69, 9.17) is 4.74 Å². The number of hydrogen-bond acceptors (Lipinski definition) is 2. The Morgan fingerprint density at radius 1 is 1.31 bits per heavy atom. The van der Waals surface area contributed by atoms with Gasteiger partial charge in [-0.15, -0.1) is 0 Å². The van der Waals surface area contributed by atoms with E-state index in [0.29, 0.717) is 0 Å². The lowest BCUT2D eigenvalue weighted by molar-refractivity contribution is 0.194. The summed E-state index contributed by atoms with van der Waals surface area (Å²) in [6, 6.07) is 4.35. The van der Waals surface area contributed by atoms with Gasteiger partial charge < -0.3 is 10.1 Å². The molecule has 3 heteroatoms. The molecule has 1 N–H and O–H groups in total. The lowest BCUT2D eigenvalue weighted by Crippen LogP contribution is -2.16. The smallest absolute Gasteiger partial charge is 0.0474 e. The van der Waals surface area contributed by atoms with Gasteiger partial charge in [0.1, 0.15) is 0 Å². The number of rotatable bonds is 6. The molecule has 0 aliphatic carbocycles. The van der Waals surface area contributed by atoms with Gasteiger partial charge in [-0.2, -0.15) is 0 Å². The Labute approximate surface area is 107 Å². The monoisotopic (exact) mass is 285 g/mol. The number of halogens is 1. The quantitative estimate of drug-likeness (QED) is 0.811. The van der Waals surface area contributed by atoms with Gasteiger partial charge in [-0.3, -0.25) is 0 Å². The van der Waals surface area contributed by atoms with Gasteiger partial charge in [-0.05, 0) is 43.5 Å². The Balaban J connectivity index is 2.45. The zero-order chi connectivity index (χ0) is 12.0. The molecule has 90 valence electrons. The maximum absolute atomic E-state index is 5.01. The molecule has 0 aliphatic rings. The van der Waals surface area contributed by atoms with Gasteiger partial charge in [0.15, 0.2) is 0 Å². The van der Waals surface area contributed by atoms with Crippen LogP contribution in [-0.4, -0.2) is 20.3 Å². The first kappa shape index (κ1) is 13.7. The summed E-state index contributed by atoms with van der Waals surface area (Å²) in [6.07, 6.45) is 1.06. The van der Waals surface area contributed by atoms with Crippen LogP contribution >= 0.6 is 15.9 Å². The van der Waals surface area contributed by atoms with Crippen molar-refractivity contribution < 1.29 is 4.74 Å². The van der Waals surface area contributed by atoms with E-state index in [1.54, 1.807) is 7.11 Å². The largest absolute Gasteiger partial charge is 0.385 e. The number of nitrogens with one attached hydrogen (secondary N) is 1. The van der Waals surface area contributed by atoms with E-state index >= 15 is 0 Å². The Morgan fingerprint density at radius 3 is 2.75 bits per heavy atom. The lowest BCUT2D eigenvalue weighted by atomic mass is 10.1. The standard InChI is InChI=1S/C13H20BrNO/c1-10-5-6-12(11(2)13(10)14)9-15-7-4-8-16-3/h5-6,15H,4,7-9H2,1-3H3. The Hall–Kier alpha value is -0.380. The van der Waals surface area contributed by atoms with Crippen molar-refractivity contribution in [2.45, 2.75) is 26.8 Å². The second-order valence-electron chi connectivity index (χ2n) is 4.00. The average Bonchev–Trinajstić information content (AvgIpc) is 2.28. The minimum Gasteiger partial charge on any atom is -0.385 e. The average molecular weight is 286 g/mol. The molecule has 0 atom stereocenters. The molecule has 2 nitrogen and oxygen atoms in total. The molecule has 16 heavy (non-hydrogen) atoms. The molecule has 0 unspecified atom stereocenters. The molecule has 0 spiro atoms. The molecule has 0 saturated heterocycles. The Kier molecular flexibility index (Phi) is 6.03. The van der Waals surface area contributed by atoms with Crippen molar-refractivity contribution in [1.82, 2.24) is 5.32 Å². The van der Waals surface area contributed by atoms with E-state index in [0.717, 1.165) is 26.1 Å². The fourth-order valence-electron chi connectivity index (χ4n) is 1.62. The highest BCUT2D eigenvalue weighted by molar-refractivity contribution is 9.10. The molecule has 0 heterocycles. The van der Waals surface area contributed by atoms with Crippen LogP contribution in [0.5, 0.6) is 0 Å². The molecule has 0 bridgehead atoms. The highest BCUT2D eigenvalue weighted by Crippen LogP contribution is 2.23. The molecule has 0 saturated carbocycles. The van der Waals surface area contributed by atoms with Crippen LogP contribution in [0.2, 0.25) is 0 Å². The van der Waals surface area contributed by atoms with Gasteiger partial charge >= 0.3 is 0 Å². The van der Waals surface area contributed by atoms with E-state index in [9.17, 15) is 0 Å². The first-order chi connectivity index (χ1) is 7.66. The van der Waals surface area contributed by atoms with Crippen LogP contribution in [-0.2, 0) is 11.3 Å². The van der Waals surface area contributed by atoms with Crippen molar-refractivity contribution >= 4 is 15.9 Å². The second kappa shape index (κ2) is 7.05.